The lowest BCUT2D eigenvalue weighted by molar-refractivity contribution is -0.161. The zero-order valence-electron chi connectivity index (χ0n) is 15.2. The molecule has 0 N–H and O–H groups in total. The van der Waals surface area contributed by atoms with Crippen molar-refractivity contribution in [3.8, 4) is 11.5 Å². The maximum Gasteiger partial charge on any atom is 0.303 e. The van der Waals surface area contributed by atoms with Crippen molar-refractivity contribution in [2.24, 2.45) is 0 Å². The molecule has 6 heteroatoms. The van der Waals surface area contributed by atoms with Gasteiger partial charge in [0.25, 0.3) is 0 Å². The van der Waals surface area contributed by atoms with Crippen molar-refractivity contribution in [3.05, 3.63) is 35.9 Å². The summed E-state index contributed by atoms with van der Waals surface area (Å²) in [6, 6.07) is 6.12. The number of hydrogen-bond acceptors (Lipinski definition) is 6. The van der Waals surface area contributed by atoms with E-state index in [0.717, 1.165) is 18.5 Å². The molecule has 1 fully saturated rings. The van der Waals surface area contributed by atoms with E-state index in [2.05, 4.69) is 12.1 Å². The molecule has 3 rings (SSSR count). The number of ether oxygens (including phenoxy) is 3. The minimum atomic E-state index is -0.268. The third-order valence-corrected chi connectivity index (χ3v) is 5.22. The number of nitrogens with zero attached hydrogens (tertiary/aromatic N) is 1. The van der Waals surface area contributed by atoms with Gasteiger partial charge in [-0.2, -0.15) is 5.06 Å². The highest BCUT2D eigenvalue weighted by atomic mass is 16.7. The number of fused-ring (bicyclic) bond motifs is 1. The maximum absolute atomic E-state index is 11.3. The molecule has 0 saturated carbocycles. The molecule has 0 amide bonds. The van der Waals surface area contributed by atoms with Crippen LogP contribution in [0.4, 0.5) is 0 Å². The molecular weight excluding hydrogens is 322 g/mol. The molecule has 0 aromatic heterocycles. The van der Waals surface area contributed by atoms with Crippen molar-refractivity contribution in [2.75, 3.05) is 27.9 Å². The first-order chi connectivity index (χ1) is 12.0. The van der Waals surface area contributed by atoms with E-state index in [4.69, 9.17) is 19.0 Å². The van der Waals surface area contributed by atoms with Gasteiger partial charge in [-0.3, -0.25) is 4.79 Å². The molecule has 2 aliphatic rings. The first kappa shape index (κ1) is 17.8. The Hall–Kier alpha value is -2.05. The third kappa shape index (κ3) is 3.12. The van der Waals surface area contributed by atoms with Gasteiger partial charge in [-0.1, -0.05) is 12.1 Å². The highest BCUT2D eigenvalue weighted by molar-refractivity contribution is 5.66. The smallest absolute Gasteiger partial charge is 0.303 e. The van der Waals surface area contributed by atoms with Gasteiger partial charge in [-0.15, -0.1) is 0 Å². The Balaban J connectivity index is 2.01. The fourth-order valence-electron chi connectivity index (χ4n) is 4.05. The summed E-state index contributed by atoms with van der Waals surface area (Å²) < 4.78 is 16.2. The van der Waals surface area contributed by atoms with E-state index in [1.54, 1.807) is 21.3 Å². The molecule has 1 aliphatic heterocycles. The van der Waals surface area contributed by atoms with E-state index in [1.807, 2.05) is 23.3 Å². The predicted molar refractivity (Wildman–Crippen MR) is 92.7 cm³/mol. The molecule has 3 atom stereocenters. The maximum atomic E-state index is 11.3. The van der Waals surface area contributed by atoms with Crippen LogP contribution >= 0.6 is 0 Å². The van der Waals surface area contributed by atoms with Crippen molar-refractivity contribution in [1.82, 2.24) is 5.06 Å². The largest absolute Gasteiger partial charge is 0.493 e. The van der Waals surface area contributed by atoms with Crippen molar-refractivity contribution >= 4 is 5.97 Å². The average Bonchev–Trinajstić information content (AvgIpc) is 2.99. The number of methoxy groups -OCH3 is 2. The molecule has 1 aromatic rings. The lowest BCUT2D eigenvalue weighted by Gasteiger charge is -2.40. The quantitative estimate of drug-likeness (QED) is 0.602. The van der Waals surface area contributed by atoms with Crippen LogP contribution in [0.15, 0.2) is 30.4 Å². The summed E-state index contributed by atoms with van der Waals surface area (Å²) >= 11 is 0. The molecule has 3 unspecified atom stereocenters. The molecule has 6 nitrogen and oxygen atoms in total. The van der Waals surface area contributed by atoms with E-state index < -0.39 is 0 Å². The summed E-state index contributed by atoms with van der Waals surface area (Å²) in [5.41, 5.74) is 0.943. The fourth-order valence-corrected chi connectivity index (χ4v) is 4.05. The highest BCUT2D eigenvalue weighted by Crippen LogP contribution is 2.47. The number of benzene rings is 1. The number of esters is 1. The van der Waals surface area contributed by atoms with Gasteiger partial charge in [0, 0.05) is 25.3 Å². The summed E-state index contributed by atoms with van der Waals surface area (Å²) in [5.74, 6) is 1.15. The van der Waals surface area contributed by atoms with Gasteiger partial charge in [0.2, 0.25) is 0 Å². The van der Waals surface area contributed by atoms with Crippen LogP contribution in [0.2, 0.25) is 0 Å². The minimum absolute atomic E-state index is 0.0879. The van der Waals surface area contributed by atoms with Crippen LogP contribution < -0.4 is 9.47 Å². The van der Waals surface area contributed by atoms with Gasteiger partial charge < -0.3 is 19.0 Å². The van der Waals surface area contributed by atoms with Gasteiger partial charge in [0.1, 0.15) is 6.10 Å². The molecular formula is C19H25NO5. The summed E-state index contributed by atoms with van der Waals surface area (Å²) in [7, 11) is 4.95. The van der Waals surface area contributed by atoms with Gasteiger partial charge in [0.05, 0.1) is 27.4 Å². The van der Waals surface area contributed by atoms with Gasteiger partial charge in [-0.25, -0.2) is 0 Å². The van der Waals surface area contributed by atoms with Crippen LogP contribution in [0.5, 0.6) is 11.5 Å². The van der Waals surface area contributed by atoms with Crippen LogP contribution in [0.3, 0.4) is 0 Å². The third-order valence-electron chi connectivity index (χ3n) is 5.22. The molecule has 1 heterocycles. The van der Waals surface area contributed by atoms with E-state index in [1.165, 1.54) is 6.92 Å². The molecule has 1 aliphatic carbocycles. The number of carbonyl (C=O) groups excluding carboxylic acids is 1. The number of rotatable bonds is 5. The van der Waals surface area contributed by atoms with Crippen LogP contribution in [0.25, 0.3) is 0 Å². The number of hydrogen-bond donors (Lipinski definition) is 0. The van der Waals surface area contributed by atoms with Crippen molar-refractivity contribution in [3.63, 3.8) is 0 Å². The van der Waals surface area contributed by atoms with Crippen LogP contribution in [0.1, 0.15) is 25.3 Å². The van der Waals surface area contributed by atoms with Crippen LogP contribution in [-0.2, 0) is 19.8 Å². The second-order valence-electron chi connectivity index (χ2n) is 6.44. The number of carbonyl (C=O) groups is 1. The molecule has 1 saturated heterocycles. The van der Waals surface area contributed by atoms with E-state index in [0.29, 0.717) is 17.9 Å². The molecule has 1 aromatic carbocycles. The van der Waals surface area contributed by atoms with Crippen LogP contribution in [0, 0.1) is 0 Å². The first-order valence-corrected chi connectivity index (χ1v) is 8.44. The number of hydroxylamine groups is 2. The Kier molecular flexibility index (Phi) is 5.01. The Bertz CT molecular complexity index is 674. The summed E-state index contributed by atoms with van der Waals surface area (Å²) in [5, 5.41) is 1.98. The van der Waals surface area contributed by atoms with Gasteiger partial charge in [0.15, 0.2) is 11.5 Å². The van der Waals surface area contributed by atoms with E-state index >= 15 is 0 Å². The molecule has 0 bridgehead atoms. The Labute approximate surface area is 148 Å². The van der Waals surface area contributed by atoms with E-state index in [-0.39, 0.29) is 23.5 Å². The lowest BCUT2D eigenvalue weighted by Crippen LogP contribution is -2.46. The zero-order valence-corrected chi connectivity index (χ0v) is 15.2. The zero-order chi connectivity index (χ0) is 18.0. The molecule has 25 heavy (non-hydrogen) atoms. The monoisotopic (exact) mass is 347 g/mol. The standard InChI is InChI=1S/C19H25NO5/c1-13(21)25-15-7-8-19(9-10-20(24-4)18(19)12-15)14-5-6-16(22-2)17(11-14)23-3/h5-8,11,15,18H,9-10,12H2,1-4H3. The Morgan fingerprint density at radius 3 is 2.60 bits per heavy atom. The second-order valence-corrected chi connectivity index (χ2v) is 6.44. The second kappa shape index (κ2) is 7.06. The fraction of sp³-hybridized carbons (Fsp3) is 0.526. The Morgan fingerprint density at radius 2 is 1.96 bits per heavy atom. The first-order valence-electron chi connectivity index (χ1n) is 8.44. The topological polar surface area (TPSA) is 57.2 Å². The average molecular weight is 347 g/mol. The van der Waals surface area contributed by atoms with Crippen LogP contribution in [-0.4, -0.2) is 51.1 Å². The van der Waals surface area contributed by atoms with Crippen molar-refractivity contribution in [2.45, 2.75) is 37.3 Å². The highest BCUT2D eigenvalue weighted by Gasteiger charge is 2.50. The summed E-state index contributed by atoms with van der Waals surface area (Å²) in [6.07, 6.45) is 5.54. The van der Waals surface area contributed by atoms with Crippen molar-refractivity contribution < 1.29 is 23.8 Å². The van der Waals surface area contributed by atoms with Gasteiger partial charge >= 0.3 is 5.97 Å². The molecule has 0 radical (unpaired) electrons. The normalized spacial score (nSPS) is 28.5. The lowest BCUT2D eigenvalue weighted by atomic mass is 9.69. The summed E-state index contributed by atoms with van der Waals surface area (Å²) in [4.78, 5) is 16.9. The van der Waals surface area contributed by atoms with Crippen molar-refractivity contribution in [1.29, 1.82) is 0 Å². The predicted octanol–water partition coefficient (Wildman–Crippen LogP) is 2.47. The molecule has 136 valence electrons. The SMILES string of the molecule is COc1ccc(C23C=CC(OC(C)=O)CC2N(OC)CC3)cc1OC. The molecule has 0 spiro atoms. The van der Waals surface area contributed by atoms with E-state index in [9.17, 15) is 4.79 Å². The summed E-state index contributed by atoms with van der Waals surface area (Å²) in [6.45, 7) is 2.25. The minimum Gasteiger partial charge on any atom is -0.493 e. The van der Waals surface area contributed by atoms with Gasteiger partial charge in [-0.05, 0) is 30.2 Å². The Morgan fingerprint density at radius 1 is 1.20 bits per heavy atom.